The average molecular weight is 324 g/mol. The average Bonchev–Trinajstić information content (AvgIpc) is 2.35. The summed E-state index contributed by atoms with van der Waals surface area (Å²) in [5, 5.41) is 0.461. The second kappa shape index (κ2) is 5.25. The van der Waals surface area contributed by atoms with Gasteiger partial charge in [0.2, 0.25) is 0 Å². The van der Waals surface area contributed by atoms with Crippen LogP contribution in [0.15, 0.2) is 40.9 Å². The van der Waals surface area contributed by atoms with Crippen LogP contribution in [0.25, 0.3) is 0 Å². The van der Waals surface area contributed by atoms with Gasteiger partial charge in [-0.2, -0.15) is 0 Å². The molecule has 0 aliphatic carbocycles. The molecule has 0 unspecified atom stereocenters. The molecule has 0 saturated carbocycles. The predicted octanol–water partition coefficient (Wildman–Crippen LogP) is 4.95. The molecule has 0 radical (unpaired) electrons. The van der Waals surface area contributed by atoms with Crippen LogP contribution in [0, 0.1) is 13.8 Å². The highest BCUT2D eigenvalue weighted by Crippen LogP contribution is 2.28. The van der Waals surface area contributed by atoms with Gasteiger partial charge in [0.15, 0.2) is 5.78 Å². The molecule has 0 aliphatic rings. The quantitative estimate of drug-likeness (QED) is 0.715. The van der Waals surface area contributed by atoms with Crippen molar-refractivity contribution in [1.82, 2.24) is 0 Å². The third-order valence-corrected chi connectivity index (χ3v) is 4.34. The summed E-state index contributed by atoms with van der Waals surface area (Å²) in [6.07, 6.45) is 0. The van der Waals surface area contributed by atoms with Crippen LogP contribution in [0.5, 0.6) is 0 Å². The minimum atomic E-state index is -0.0394. The number of ketones is 1. The van der Waals surface area contributed by atoms with Gasteiger partial charge in [0.1, 0.15) is 0 Å². The fourth-order valence-electron chi connectivity index (χ4n) is 1.82. The van der Waals surface area contributed by atoms with Crippen molar-refractivity contribution in [3.63, 3.8) is 0 Å². The van der Waals surface area contributed by atoms with Crippen molar-refractivity contribution in [3.8, 4) is 0 Å². The minimum Gasteiger partial charge on any atom is -0.289 e. The molecule has 2 rings (SSSR count). The second-order valence-corrected chi connectivity index (χ2v) is 5.41. The Balaban J connectivity index is 2.55. The molecule has 2 aromatic rings. The first-order valence-corrected chi connectivity index (χ1v) is 6.74. The number of hydrogen-bond donors (Lipinski definition) is 0. The number of carbonyl (C=O) groups excluding carboxylic acids is 1. The normalized spacial score (nSPS) is 10.4. The van der Waals surface area contributed by atoms with Crippen molar-refractivity contribution < 1.29 is 4.79 Å². The molecule has 1 nitrogen and oxygen atoms in total. The molecule has 0 aromatic heterocycles. The Morgan fingerprint density at radius 2 is 1.67 bits per heavy atom. The Labute approximate surface area is 120 Å². The number of carbonyl (C=O) groups is 1. The van der Waals surface area contributed by atoms with Crippen molar-refractivity contribution in [1.29, 1.82) is 0 Å². The van der Waals surface area contributed by atoms with Gasteiger partial charge in [-0.05, 0) is 53.0 Å². The highest BCUT2D eigenvalue weighted by atomic mass is 79.9. The third-order valence-electron chi connectivity index (χ3n) is 3.05. The van der Waals surface area contributed by atoms with Gasteiger partial charge in [0.05, 0.1) is 5.02 Å². The SMILES string of the molecule is Cc1cccc(C(=O)c2cccc(Br)c2Cl)c1C. The lowest BCUT2D eigenvalue weighted by Crippen LogP contribution is -2.05. The van der Waals surface area contributed by atoms with Gasteiger partial charge in [-0.1, -0.05) is 35.9 Å². The first-order valence-electron chi connectivity index (χ1n) is 5.57. The Morgan fingerprint density at radius 1 is 1.06 bits per heavy atom. The molecular formula is C15H12BrClO. The van der Waals surface area contributed by atoms with E-state index < -0.39 is 0 Å². The van der Waals surface area contributed by atoms with Crippen molar-refractivity contribution in [2.24, 2.45) is 0 Å². The number of hydrogen-bond acceptors (Lipinski definition) is 1. The molecule has 0 bridgehead atoms. The van der Waals surface area contributed by atoms with Crippen LogP contribution in [0.3, 0.4) is 0 Å². The van der Waals surface area contributed by atoms with Crippen LogP contribution in [0.2, 0.25) is 5.02 Å². The number of halogens is 2. The molecule has 0 N–H and O–H groups in total. The fraction of sp³-hybridized carbons (Fsp3) is 0.133. The first-order chi connectivity index (χ1) is 8.52. The van der Waals surface area contributed by atoms with Crippen LogP contribution in [-0.2, 0) is 0 Å². The van der Waals surface area contributed by atoms with Gasteiger partial charge < -0.3 is 0 Å². The monoisotopic (exact) mass is 322 g/mol. The van der Waals surface area contributed by atoms with E-state index in [0.717, 1.165) is 15.6 Å². The lowest BCUT2D eigenvalue weighted by molar-refractivity contribution is 0.103. The van der Waals surface area contributed by atoms with Crippen molar-refractivity contribution >= 4 is 33.3 Å². The van der Waals surface area contributed by atoms with E-state index >= 15 is 0 Å². The summed E-state index contributed by atoms with van der Waals surface area (Å²) in [5.74, 6) is -0.0394. The standard InChI is InChI=1S/C15H12BrClO/c1-9-5-3-6-11(10(9)2)15(18)12-7-4-8-13(16)14(12)17/h3-8H,1-2H3. The number of aryl methyl sites for hydroxylation is 1. The van der Waals surface area contributed by atoms with Gasteiger partial charge in [-0.25, -0.2) is 0 Å². The molecule has 0 aliphatic heterocycles. The van der Waals surface area contributed by atoms with Crippen molar-refractivity contribution in [2.75, 3.05) is 0 Å². The van der Waals surface area contributed by atoms with Crippen LogP contribution in [0.4, 0.5) is 0 Å². The van der Waals surface area contributed by atoms with E-state index in [4.69, 9.17) is 11.6 Å². The summed E-state index contributed by atoms with van der Waals surface area (Å²) in [6.45, 7) is 3.95. The topological polar surface area (TPSA) is 17.1 Å². The van der Waals surface area contributed by atoms with Gasteiger partial charge in [-0.15, -0.1) is 0 Å². The molecule has 0 heterocycles. The second-order valence-electron chi connectivity index (χ2n) is 4.18. The summed E-state index contributed by atoms with van der Waals surface area (Å²) in [4.78, 5) is 12.5. The summed E-state index contributed by atoms with van der Waals surface area (Å²) in [7, 11) is 0. The zero-order valence-corrected chi connectivity index (χ0v) is 12.5. The summed E-state index contributed by atoms with van der Waals surface area (Å²) < 4.78 is 0.736. The van der Waals surface area contributed by atoms with E-state index in [-0.39, 0.29) is 5.78 Å². The van der Waals surface area contributed by atoms with Crippen LogP contribution >= 0.6 is 27.5 Å². The van der Waals surface area contributed by atoms with E-state index in [1.165, 1.54) is 0 Å². The van der Waals surface area contributed by atoms with Crippen molar-refractivity contribution in [2.45, 2.75) is 13.8 Å². The largest absolute Gasteiger partial charge is 0.289 e. The Hall–Kier alpha value is -1.12. The van der Waals surface area contributed by atoms with Crippen LogP contribution in [-0.4, -0.2) is 5.78 Å². The van der Waals surface area contributed by atoms with Gasteiger partial charge in [0.25, 0.3) is 0 Å². The van der Waals surface area contributed by atoms with Gasteiger partial charge in [-0.3, -0.25) is 4.79 Å². The highest BCUT2D eigenvalue weighted by Gasteiger charge is 2.16. The third kappa shape index (κ3) is 2.36. The maximum atomic E-state index is 12.5. The molecule has 92 valence electrons. The summed E-state index contributed by atoms with van der Waals surface area (Å²) >= 11 is 9.50. The summed E-state index contributed by atoms with van der Waals surface area (Å²) in [6, 6.07) is 11.1. The molecule has 0 atom stereocenters. The highest BCUT2D eigenvalue weighted by molar-refractivity contribution is 9.10. The molecule has 2 aromatic carbocycles. The van der Waals surface area contributed by atoms with E-state index in [2.05, 4.69) is 15.9 Å². The summed E-state index contributed by atoms with van der Waals surface area (Å²) in [5.41, 5.74) is 3.33. The maximum absolute atomic E-state index is 12.5. The van der Waals surface area contributed by atoms with E-state index in [1.807, 2.05) is 44.2 Å². The molecule has 0 amide bonds. The predicted molar refractivity (Wildman–Crippen MR) is 78.5 cm³/mol. The zero-order chi connectivity index (χ0) is 13.3. The van der Waals surface area contributed by atoms with E-state index in [9.17, 15) is 4.79 Å². The van der Waals surface area contributed by atoms with E-state index in [1.54, 1.807) is 6.07 Å². The van der Waals surface area contributed by atoms with Gasteiger partial charge >= 0.3 is 0 Å². The lowest BCUT2D eigenvalue weighted by Gasteiger charge is -2.09. The Kier molecular flexibility index (Phi) is 3.88. The smallest absolute Gasteiger partial charge is 0.194 e. The molecule has 0 spiro atoms. The molecule has 0 fully saturated rings. The Morgan fingerprint density at radius 3 is 2.39 bits per heavy atom. The lowest BCUT2D eigenvalue weighted by atomic mass is 9.96. The minimum absolute atomic E-state index is 0.0394. The fourth-order valence-corrected chi connectivity index (χ4v) is 2.40. The number of rotatable bonds is 2. The van der Waals surface area contributed by atoms with Gasteiger partial charge in [0, 0.05) is 15.6 Å². The van der Waals surface area contributed by atoms with Crippen molar-refractivity contribution in [3.05, 3.63) is 68.1 Å². The van der Waals surface area contributed by atoms with E-state index in [0.29, 0.717) is 16.1 Å². The molecule has 0 saturated heterocycles. The molecule has 18 heavy (non-hydrogen) atoms. The zero-order valence-electron chi connectivity index (χ0n) is 10.1. The first kappa shape index (κ1) is 13.3. The van der Waals surface area contributed by atoms with Crippen LogP contribution < -0.4 is 0 Å². The van der Waals surface area contributed by atoms with Crippen LogP contribution in [0.1, 0.15) is 27.0 Å². The Bertz CT molecular complexity index is 566. The molecule has 3 heteroatoms. The molecular weight excluding hydrogens is 312 g/mol. The maximum Gasteiger partial charge on any atom is 0.194 e. The number of benzene rings is 2.